The molecule has 1 aromatic heterocycles. The first-order chi connectivity index (χ1) is 33.0. The Kier molecular flexibility index (Phi) is 10.0. The van der Waals surface area contributed by atoms with E-state index in [1.54, 1.807) is 26.9 Å². The largest absolute Gasteiger partial charge is 0.315 e. The molecule has 4 heteroatoms. The average molecular weight is 959 g/mol. The highest BCUT2D eigenvalue weighted by atomic mass is 32.1. The fraction of sp³-hybridized carbons (Fsp3) is 0.522. The first-order valence-corrected chi connectivity index (χ1v) is 28.6. The second kappa shape index (κ2) is 14.9. The Hall–Kier alpha value is -4.28. The molecule has 7 aliphatic rings. The maximum absolute atomic E-state index is 2.85. The van der Waals surface area contributed by atoms with Crippen LogP contribution < -0.4 is 20.7 Å². The zero-order valence-electron chi connectivity index (χ0n) is 46.8. The molecule has 12 rings (SSSR count). The van der Waals surface area contributed by atoms with Crippen LogP contribution in [0.4, 0.5) is 27.8 Å². The molecule has 4 aromatic carbocycles. The van der Waals surface area contributed by atoms with E-state index in [4.69, 9.17) is 0 Å². The third kappa shape index (κ3) is 6.90. The Morgan fingerprint density at radius 3 is 1.61 bits per heavy atom. The molecule has 1 fully saturated rings. The molecule has 0 bridgehead atoms. The molecule has 2 nitrogen and oxygen atoms in total. The average Bonchev–Trinajstić information content (AvgIpc) is 3.73. The predicted molar refractivity (Wildman–Crippen MR) is 309 cm³/mol. The molecule has 0 spiro atoms. The highest BCUT2D eigenvalue weighted by Gasteiger charge is 2.55. The van der Waals surface area contributed by atoms with Gasteiger partial charge in [0.1, 0.15) is 0 Å². The lowest BCUT2D eigenvalue weighted by Gasteiger charge is -2.54. The van der Waals surface area contributed by atoms with E-state index in [2.05, 4.69) is 218 Å². The molecule has 5 aliphatic carbocycles. The Bertz CT molecular complexity index is 3170. The van der Waals surface area contributed by atoms with Crippen LogP contribution in [0.2, 0.25) is 0 Å². The lowest BCUT2D eigenvalue weighted by Crippen LogP contribution is -2.58. The first kappa shape index (κ1) is 47.7. The second-order valence-corrected chi connectivity index (χ2v) is 30.3. The fourth-order valence-electron chi connectivity index (χ4n) is 15.5. The molecule has 1 saturated carbocycles. The van der Waals surface area contributed by atoms with Crippen molar-refractivity contribution in [1.29, 1.82) is 0 Å². The minimum Gasteiger partial charge on any atom is -0.315 e. The van der Waals surface area contributed by atoms with Crippen LogP contribution in [0, 0.1) is 23.7 Å². The SMILES string of the molecule is Cc1ccccc1-c1cc2c3c(c1)N(c1ccc4c(c1)C(C)(C)CCC4(C)C)c1sc4c(c1B3C1=C(CC3C(=C1)C(C)(C)CCC3(C)C)N2c1ccc2c(c1)C(C)(C)CCC2(C)C)C(C)(C)CCC4(C)C. The van der Waals surface area contributed by atoms with E-state index in [1.807, 2.05) is 0 Å². The van der Waals surface area contributed by atoms with Gasteiger partial charge >= 0.3 is 0 Å². The summed E-state index contributed by atoms with van der Waals surface area (Å²) in [5, 5.41) is 1.46. The van der Waals surface area contributed by atoms with Crippen molar-refractivity contribution < 1.29 is 0 Å². The Morgan fingerprint density at radius 2 is 1.01 bits per heavy atom. The first-order valence-electron chi connectivity index (χ1n) is 27.8. The van der Waals surface area contributed by atoms with Gasteiger partial charge in [0.05, 0.1) is 5.00 Å². The summed E-state index contributed by atoms with van der Waals surface area (Å²) in [4.78, 5) is 7.28. The normalized spacial score (nSPS) is 24.9. The fourth-order valence-corrected chi connectivity index (χ4v) is 17.2. The molecular formula is C67H83BN2S. The van der Waals surface area contributed by atoms with Crippen LogP contribution in [0.5, 0.6) is 0 Å². The van der Waals surface area contributed by atoms with Gasteiger partial charge in [0, 0.05) is 33.3 Å². The van der Waals surface area contributed by atoms with Crippen LogP contribution >= 0.6 is 11.3 Å². The lowest BCUT2D eigenvalue weighted by atomic mass is 9.31. The Labute approximate surface area is 433 Å². The van der Waals surface area contributed by atoms with Crippen LogP contribution in [0.1, 0.15) is 207 Å². The summed E-state index contributed by atoms with van der Waals surface area (Å²) in [5.74, 6) is 0.468. The van der Waals surface area contributed by atoms with Crippen LogP contribution in [0.25, 0.3) is 11.1 Å². The van der Waals surface area contributed by atoms with Gasteiger partial charge in [0.15, 0.2) is 0 Å². The Morgan fingerprint density at radius 1 is 0.507 bits per heavy atom. The third-order valence-corrected chi connectivity index (χ3v) is 22.3. The number of benzene rings is 4. The molecule has 370 valence electrons. The predicted octanol–water partition coefficient (Wildman–Crippen LogP) is 17.9. The van der Waals surface area contributed by atoms with Crippen molar-refractivity contribution in [1.82, 2.24) is 0 Å². The maximum atomic E-state index is 2.85. The number of nitrogens with zero attached hydrogens (tertiary/aromatic N) is 2. The number of allylic oxidation sites excluding steroid dienone is 4. The topological polar surface area (TPSA) is 6.48 Å². The van der Waals surface area contributed by atoms with Crippen molar-refractivity contribution in [2.45, 2.75) is 208 Å². The summed E-state index contributed by atoms with van der Waals surface area (Å²) in [5.41, 5.74) is 25.9. The van der Waals surface area contributed by atoms with Gasteiger partial charge < -0.3 is 9.80 Å². The zero-order valence-corrected chi connectivity index (χ0v) is 47.6. The molecule has 2 aliphatic heterocycles. The molecule has 1 atom stereocenters. The minimum absolute atomic E-state index is 0.0341. The molecule has 0 amide bonds. The summed E-state index contributed by atoms with van der Waals surface area (Å²) >= 11 is 2.15. The van der Waals surface area contributed by atoms with Crippen molar-refractivity contribution in [3.63, 3.8) is 0 Å². The van der Waals surface area contributed by atoms with E-state index < -0.39 is 0 Å². The van der Waals surface area contributed by atoms with Crippen LogP contribution in [-0.4, -0.2) is 6.71 Å². The van der Waals surface area contributed by atoms with Crippen molar-refractivity contribution in [3.8, 4) is 11.1 Å². The molecule has 5 aromatic rings. The molecule has 0 saturated heterocycles. The monoisotopic (exact) mass is 959 g/mol. The van der Waals surface area contributed by atoms with E-state index in [0.29, 0.717) is 5.92 Å². The van der Waals surface area contributed by atoms with Crippen molar-refractivity contribution in [3.05, 3.63) is 134 Å². The van der Waals surface area contributed by atoms with Crippen molar-refractivity contribution in [2.24, 2.45) is 16.7 Å². The number of fused-ring (bicyclic) bond motifs is 8. The Balaban J connectivity index is 1.25. The molecule has 1 unspecified atom stereocenters. The third-order valence-electron chi connectivity index (χ3n) is 20.8. The van der Waals surface area contributed by atoms with E-state index in [1.165, 1.54) is 129 Å². The highest BCUT2D eigenvalue weighted by molar-refractivity contribution is 7.20. The molecule has 0 radical (unpaired) electrons. The van der Waals surface area contributed by atoms with Gasteiger partial charge in [-0.3, -0.25) is 0 Å². The lowest BCUT2D eigenvalue weighted by molar-refractivity contribution is 0.121. The van der Waals surface area contributed by atoms with Gasteiger partial charge in [-0.2, -0.15) is 0 Å². The van der Waals surface area contributed by atoms with Gasteiger partial charge in [0.2, 0.25) is 0 Å². The van der Waals surface area contributed by atoms with Crippen molar-refractivity contribution in [2.75, 3.05) is 9.80 Å². The van der Waals surface area contributed by atoms with Crippen LogP contribution in [0.15, 0.2) is 95.6 Å². The molecular weight excluding hydrogens is 876 g/mol. The number of aryl methyl sites for hydroxylation is 1. The summed E-state index contributed by atoms with van der Waals surface area (Å²) < 4.78 is 0. The van der Waals surface area contributed by atoms with Gasteiger partial charge in [-0.25, -0.2) is 0 Å². The van der Waals surface area contributed by atoms with E-state index in [0.717, 1.165) is 6.42 Å². The molecule has 0 N–H and O–H groups in total. The molecule has 3 heterocycles. The number of thiophene rings is 1. The van der Waals surface area contributed by atoms with Crippen LogP contribution in [0.3, 0.4) is 0 Å². The van der Waals surface area contributed by atoms with Crippen molar-refractivity contribution >= 4 is 56.7 Å². The van der Waals surface area contributed by atoms with Gasteiger partial charge in [-0.05, 0) is 211 Å². The highest BCUT2D eigenvalue weighted by Crippen LogP contribution is 2.62. The summed E-state index contributed by atoms with van der Waals surface area (Å²) in [7, 11) is 0. The van der Waals surface area contributed by atoms with Crippen LogP contribution in [-0.2, 0) is 32.5 Å². The van der Waals surface area contributed by atoms with E-state index >= 15 is 0 Å². The number of anilines is 5. The summed E-state index contributed by atoms with van der Waals surface area (Å²) in [6.45, 7) is 43.0. The smallest absolute Gasteiger partial charge is 0.253 e. The number of hydrogen-bond donors (Lipinski definition) is 0. The quantitative estimate of drug-likeness (QED) is 0.166. The number of hydrogen-bond acceptors (Lipinski definition) is 3. The summed E-state index contributed by atoms with van der Waals surface area (Å²) in [6, 6.07) is 29.9. The van der Waals surface area contributed by atoms with Gasteiger partial charge in [-0.15, -0.1) is 11.3 Å². The minimum atomic E-state index is 0.0341. The maximum Gasteiger partial charge on any atom is 0.253 e. The van der Waals surface area contributed by atoms with E-state index in [9.17, 15) is 0 Å². The zero-order chi connectivity index (χ0) is 50.5. The standard InChI is InChI=1S/C67H83BN2S/c1-40-20-18-19-21-44(40)41-34-53-56-54(35-41)70(43-23-25-46-48(37-43)63(8,9)29-27-61(46,4)5)59-57(55-58(71-59)67(16,17)33-32-66(55,14)15)68(56)51-38-49-50(65(12,13)31-30-64(49,10)11)39-52(51)69(53)42-22-24-45-47(36-42)62(6,7)28-26-60(45,2)3/h18-25,34-38,50H,26-33,39H2,1-17H3. The van der Waals surface area contributed by atoms with Gasteiger partial charge in [-0.1, -0.05) is 159 Å². The number of rotatable bonds is 3. The van der Waals surface area contributed by atoms with Gasteiger partial charge in [0.25, 0.3) is 6.71 Å². The second-order valence-electron chi connectivity index (χ2n) is 29.3. The molecule has 71 heavy (non-hydrogen) atoms. The summed E-state index contributed by atoms with van der Waals surface area (Å²) in [6.07, 6.45) is 13.6. The van der Waals surface area contributed by atoms with E-state index in [-0.39, 0.29) is 50.0 Å².